The van der Waals surface area contributed by atoms with Crippen LogP contribution in [0, 0.1) is 0 Å². The lowest BCUT2D eigenvalue weighted by Crippen LogP contribution is -2.35. The van der Waals surface area contributed by atoms with Crippen LogP contribution in [0.1, 0.15) is 23.7 Å². The number of aryl methyl sites for hydroxylation is 2. The standard InChI is InChI=1S/C21H23ClN2/c1-15-13-21-19(14-23(15)2)18-5-3-4-6-20(18)24(21)12-11-16-7-9-17(22)10-8-16/h3-10,15H,11-14H2,1-2H3. The highest BCUT2D eigenvalue weighted by Crippen LogP contribution is 2.32. The van der Waals surface area contributed by atoms with Crippen LogP contribution in [0.4, 0.5) is 0 Å². The van der Waals surface area contributed by atoms with E-state index in [1.54, 1.807) is 0 Å². The molecule has 1 unspecified atom stereocenters. The summed E-state index contributed by atoms with van der Waals surface area (Å²) in [6.07, 6.45) is 2.16. The second-order valence-electron chi connectivity index (χ2n) is 6.94. The molecule has 0 N–H and O–H groups in total. The first-order valence-electron chi connectivity index (χ1n) is 8.67. The zero-order valence-corrected chi connectivity index (χ0v) is 15.1. The van der Waals surface area contributed by atoms with E-state index in [0.717, 1.165) is 31.0 Å². The van der Waals surface area contributed by atoms with Crippen LogP contribution in [0.15, 0.2) is 48.5 Å². The molecule has 0 spiro atoms. The van der Waals surface area contributed by atoms with Gasteiger partial charge < -0.3 is 4.57 Å². The van der Waals surface area contributed by atoms with Crippen LogP contribution in [0.3, 0.4) is 0 Å². The molecule has 1 atom stereocenters. The summed E-state index contributed by atoms with van der Waals surface area (Å²) < 4.78 is 2.54. The van der Waals surface area contributed by atoms with E-state index >= 15 is 0 Å². The maximum Gasteiger partial charge on any atom is 0.0486 e. The minimum Gasteiger partial charge on any atom is -0.344 e. The molecule has 2 heterocycles. The Hall–Kier alpha value is -1.77. The molecule has 2 nitrogen and oxygen atoms in total. The molecular weight excluding hydrogens is 316 g/mol. The number of fused-ring (bicyclic) bond motifs is 3. The molecule has 1 aromatic heterocycles. The Morgan fingerprint density at radius 2 is 1.83 bits per heavy atom. The minimum atomic E-state index is 0.594. The highest BCUT2D eigenvalue weighted by molar-refractivity contribution is 6.30. The summed E-state index contributed by atoms with van der Waals surface area (Å²) in [4.78, 5) is 2.46. The molecule has 0 fully saturated rings. The molecule has 124 valence electrons. The molecule has 0 saturated heterocycles. The van der Waals surface area contributed by atoms with Crippen molar-refractivity contribution in [1.82, 2.24) is 9.47 Å². The number of aromatic nitrogens is 1. The Bertz CT molecular complexity index is 863. The number of para-hydroxylation sites is 1. The van der Waals surface area contributed by atoms with Gasteiger partial charge >= 0.3 is 0 Å². The number of halogens is 1. The zero-order chi connectivity index (χ0) is 16.7. The van der Waals surface area contributed by atoms with E-state index in [1.807, 2.05) is 12.1 Å². The lowest BCUT2D eigenvalue weighted by molar-refractivity contribution is 0.228. The van der Waals surface area contributed by atoms with Crippen molar-refractivity contribution in [3.05, 3.63) is 70.4 Å². The highest BCUT2D eigenvalue weighted by Gasteiger charge is 2.26. The van der Waals surface area contributed by atoms with Crippen LogP contribution in [0.25, 0.3) is 10.9 Å². The number of hydrogen-bond donors (Lipinski definition) is 0. The van der Waals surface area contributed by atoms with Crippen molar-refractivity contribution in [2.45, 2.75) is 38.9 Å². The van der Waals surface area contributed by atoms with E-state index in [9.17, 15) is 0 Å². The Morgan fingerprint density at radius 3 is 2.62 bits per heavy atom. The lowest BCUT2D eigenvalue weighted by Gasteiger charge is -2.31. The summed E-state index contributed by atoms with van der Waals surface area (Å²) in [5.41, 5.74) is 5.75. The average molecular weight is 339 g/mol. The fourth-order valence-corrected chi connectivity index (χ4v) is 3.95. The van der Waals surface area contributed by atoms with E-state index in [0.29, 0.717) is 6.04 Å². The quantitative estimate of drug-likeness (QED) is 0.658. The van der Waals surface area contributed by atoms with Gasteiger partial charge in [-0.2, -0.15) is 0 Å². The summed E-state index contributed by atoms with van der Waals surface area (Å²) in [5, 5.41) is 2.22. The first-order chi connectivity index (χ1) is 11.6. The third-order valence-corrected chi connectivity index (χ3v) is 5.63. The Balaban J connectivity index is 1.72. The summed E-state index contributed by atoms with van der Waals surface area (Å²) >= 11 is 6.00. The monoisotopic (exact) mass is 338 g/mol. The van der Waals surface area contributed by atoms with Crippen LogP contribution in [-0.4, -0.2) is 22.6 Å². The van der Waals surface area contributed by atoms with Gasteiger partial charge in [-0.3, -0.25) is 4.90 Å². The molecule has 0 radical (unpaired) electrons. The molecule has 3 heteroatoms. The van der Waals surface area contributed by atoms with Crippen molar-refractivity contribution < 1.29 is 0 Å². The molecule has 1 aliphatic rings. The van der Waals surface area contributed by atoms with E-state index < -0.39 is 0 Å². The summed E-state index contributed by atoms with van der Waals surface area (Å²) in [6, 6.07) is 17.7. The maximum atomic E-state index is 6.00. The molecule has 0 aliphatic carbocycles. The number of hydrogen-bond acceptors (Lipinski definition) is 1. The van der Waals surface area contributed by atoms with Crippen molar-refractivity contribution in [2.24, 2.45) is 0 Å². The SMILES string of the molecule is CC1Cc2c(c3ccccc3n2CCc2ccc(Cl)cc2)CN1C. The predicted molar refractivity (Wildman–Crippen MR) is 102 cm³/mol. The fourth-order valence-electron chi connectivity index (χ4n) is 3.83. The molecule has 2 aromatic carbocycles. The highest BCUT2D eigenvalue weighted by atomic mass is 35.5. The van der Waals surface area contributed by atoms with Gasteiger partial charge in [0.25, 0.3) is 0 Å². The van der Waals surface area contributed by atoms with E-state index in [1.165, 1.54) is 27.7 Å². The van der Waals surface area contributed by atoms with Gasteiger partial charge in [-0.25, -0.2) is 0 Å². The number of likely N-dealkylation sites (N-methyl/N-ethyl adjacent to an activating group) is 1. The first kappa shape index (κ1) is 15.7. The van der Waals surface area contributed by atoms with Crippen molar-refractivity contribution in [3.8, 4) is 0 Å². The number of rotatable bonds is 3. The number of benzene rings is 2. The van der Waals surface area contributed by atoms with Crippen LogP contribution < -0.4 is 0 Å². The van der Waals surface area contributed by atoms with Gasteiger partial charge in [-0.1, -0.05) is 41.9 Å². The third-order valence-electron chi connectivity index (χ3n) is 5.38. The molecule has 4 rings (SSSR count). The van der Waals surface area contributed by atoms with Crippen molar-refractivity contribution in [1.29, 1.82) is 0 Å². The van der Waals surface area contributed by atoms with E-state index in [4.69, 9.17) is 11.6 Å². The lowest BCUT2D eigenvalue weighted by atomic mass is 10.00. The van der Waals surface area contributed by atoms with Gasteiger partial charge in [0.15, 0.2) is 0 Å². The Morgan fingerprint density at radius 1 is 1.08 bits per heavy atom. The maximum absolute atomic E-state index is 6.00. The summed E-state index contributed by atoms with van der Waals surface area (Å²) in [5.74, 6) is 0. The minimum absolute atomic E-state index is 0.594. The normalized spacial score (nSPS) is 18.0. The Kier molecular flexibility index (Phi) is 4.11. The second kappa shape index (κ2) is 6.27. The zero-order valence-electron chi connectivity index (χ0n) is 14.3. The molecule has 0 bridgehead atoms. The Labute approximate surface area is 148 Å². The number of nitrogens with zero attached hydrogens (tertiary/aromatic N) is 2. The van der Waals surface area contributed by atoms with Crippen LogP contribution in [0.2, 0.25) is 5.02 Å². The third kappa shape index (κ3) is 2.74. The first-order valence-corrected chi connectivity index (χ1v) is 9.05. The van der Waals surface area contributed by atoms with Crippen LogP contribution >= 0.6 is 11.6 Å². The molecule has 0 amide bonds. The van der Waals surface area contributed by atoms with Gasteiger partial charge in [0, 0.05) is 47.2 Å². The summed E-state index contributed by atoms with van der Waals surface area (Å²) in [6.45, 7) is 4.39. The smallest absolute Gasteiger partial charge is 0.0486 e. The van der Waals surface area contributed by atoms with Crippen LogP contribution in [-0.2, 0) is 25.9 Å². The molecule has 0 saturated carbocycles. The fraction of sp³-hybridized carbons (Fsp3) is 0.333. The molecule has 24 heavy (non-hydrogen) atoms. The van der Waals surface area contributed by atoms with E-state index in [2.05, 4.69) is 59.8 Å². The van der Waals surface area contributed by atoms with Crippen molar-refractivity contribution in [3.63, 3.8) is 0 Å². The van der Waals surface area contributed by atoms with Gasteiger partial charge in [0.05, 0.1) is 0 Å². The van der Waals surface area contributed by atoms with Crippen molar-refractivity contribution in [2.75, 3.05) is 7.05 Å². The largest absolute Gasteiger partial charge is 0.344 e. The molecule has 3 aromatic rings. The van der Waals surface area contributed by atoms with Crippen molar-refractivity contribution >= 4 is 22.5 Å². The molecular formula is C21H23ClN2. The van der Waals surface area contributed by atoms with Crippen LogP contribution in [0.5, 0.6) is 0 Å². The van der Waals surface area contributed by atoms with Gasteiger partial charge in [0.2, 0.25) is 0 Å². The van der Waals surface area contributed by atoms with E-state index in [-0.39, 0.29) is 0 Å². The van der Waals surface area contributed by atoms with Gasteiger partial charge in [-0.15, -0.1) is 0 Å². The molecule has 1 aliphatic heterocycles. The van der Waals surface area contributed by atoms with Gasteiger partial charge in [-0.05, 0) is 49.7 Å². The van der Waals surface area contributed by atoms with Gasteiger partial charge in [0.1, 0.15) is 0 Å². The predicted octanol–water partition coefficient (Wildman–Crippen LogP) is 4.91. The second-order valence-corrected chi connectivity index (χ2v) is 7.38. The average Bonchev–Trinajstić information content (AvgIpc) is 2.88. The summed E-state index contributed by atoms with van der Waals surface area (Å²) in [7, 11) is 2.23. The topological polar surface area (TPSA) is 8.17 Å².